The van der Waals surface area contributed by atoms with Crippen LogP contribution >= 0.6 is 0 Å². The summed E-state index contributed by atoms with van der Waals surface area (Å²) < 4.78 is 1.48. The summed E-state index contributed by atoms with van der Waals surface area (Å²) in [4.78, 5) is 33.3. The van der Waals surface area contributed by atoms with Crippen LogP contribution in [0, 0.1) is 11.8 Å². The van der Waals surface area contributed by atoms with Crippen molar-refractivity contribution in [2.75, 3.05) is 38.0 Å². The number of hydrogen-bond donors (Lipinski definition) is 3. The number of fused-ring (bicyclic) bond motifs is 1. The molecule has 31 heavy (non-hydrogen) atoms. The molecule has 0 radical (unpaired) electrons. The number of carbonyl (C=O) groups is 1. The van der Waals surface area contributed by atoms with Crippen LogP contribution in [0.3, 0.4) is 0 Å². The summed E-state index contributed by atoms with van der Waals surface area (Å²) >= 11 is 0. The number of likely N-dealkylation sites (tertiary alicyclic amines) is 1. The summed E-state index contributed by atoms with van der Waals surface area (Å²) in [5.41, 5.74) is 7.56. The molecule has 1 aromatic carbocycles. The van der Waals surface area contributed by atoms with Gasteiger partial charge in [0.1, 0.15) is 5.82 Å². The second kappa shape index (κ2) is 8.07. The van der Waals surface area contributed by atoms with Gasteiger partial charge in [0.2, 0.25) is 0 Å². The molecule has 5 rings (SSSR count). The van der Waals surface area contributed by atoms with Gasteiger partial charge in [0.25, 0.3) is 0 Å². The molecule has 9 nitrogen and oxygen atoms in total. The molecule has 0 bridgehead atoms. The molecule has 3 atom stereocenters. The standard InChI is InChI=1S/C22H29N7O2/c1-14-10-24-7-9-28(14)21(30)25-19-6-8-29(22(31)26-19)16-4-2-15(3-5-16)11-27-12-17-18(13-27)20(17)23/h2-6,8,14,17-18,20,24H,7,9-13,23H2,1H3,(H,25,26,30,31). The van der Waals surface area contributed by atoms with E-state index in [0.29, 0.717) is 24.4 Å². The van der Waals surface area contributed by atoms with Gasteiger partial charge in [-0.3, -0.25) is 14.8 Å². The van der Waals surface area contributed by atoms with Crippen molar-refractivity contribution in [3.05, 3.63) is 52.6 Å². The van der Waals surface area contributed by atoms with E-state index in [4.69, 9.17) is 5.73 Å². The lowest BCUT2D eigenvalue weighted by atomic mass is 10.2. The summed E-state index contributed by atoms with van der Waals surface area (Å²) in [5, 5.41) is 5.99. The maximum atomic E-state index is 12.6. The number of piperidine rings is 1. The van der Waals surface area contributed by atoms with Crippen molar-refractivity contribution < 1.29 is 4.79 Å². The first kappa shape index (κ1) is 20.2. The molecule has 2 aromatic rings. The Morgan fingerprint density at radius 3 is 2.65 bits per heavy atom. The highest BCUT2D eigenvalue weighted by Crippen LogP contribution is 2.44. The number of hydrogen-bond acceptors (Lipinski definition) is 6. The van der Waals surface area contributed by atoms with Gasteiger partial charge in [-0.25, -0.2) is 9.59 Å². The van der Waals surface area contributed by atoms with Crippen LogP contribution in [0.25, 0.3) is 5.69 Å². The molecular weight excluding hydrogens is 394 g/mol. The molecular formula is C22H29N7O2. The minimum absolute atomic E-state index is 0.0933. The van der Waals surface area contributed by atoms with Crippen LogP contribution in [0.1, 0.15) is 12.5 Å². The largest absolute Gasteiger partial charge is 0.354 e. The third-order valence-electron chi connectivity index (χ3n) is 6.76. The van der Waals surface area contributed by atoms with E-state index in [1.54, 1.807) is 17.2 Å². The molecule has 4 N–H and O–H groups in total. The highest BCUT2D eigenvalue weighted by molar-refractivity contribution is 5.88. The third-order valence-corrected chi connectivity index (χ3v) is 6.76. The molecule has 0 spiro atoms. The maximum absolute atomic E-state index is 12.6. The number of aromatic nitrogens is 2. The van der Waals surface area contributed by atoms with Crippen molar-refractivity contribution in [1.29, 1.82) is 0 Å². The summed E-state index contributed by atoms with van der Waals surface area (Å²) in [6, 6.07) is 9.88. The van der Waals surface area contributed by atoms with Crippen LogP contribution in [0.15, 0.2) is 41.3 Å². The van der Waals surface area contributed by atoms with Crippen LogP contribution in [-0.2, 0) is 6.54 Å². The van der Waals surface area contributed by atoms with E-state index in [9.17, 15) is 9.59 Å². The van der Waals surface area contributed by atoms with Crippen molar-refractivity contribution in [2.24, 2.45) is 17.6 Å². The highest BCUT2D eigenvalue weighted by atomic mass is 16.2. The third kappa shape index (κ3) is 4.08. The topological polar surface area (TPSA) is 109 Å². The van der Waals surface area contributed by atoms with Gasteiger partial charge in [-0.15, -0.1) is 0 Å². The normalized spacial score (nSPS) is 27.7. The lowest BCUT2D eigenvalue weighted by Crippen LogP contribution is -2.53. The number of benzene rings is 1. The zero-order chi connectivity index (χ0) is 21.5. The van der Waals surface area contributed by atoms with Crippen molar-refractivity contribution >= 4 is 11.8 Å². The Hall–Kier alpha value is -2.75. The summed E-state index contributed by atoms with van der Waals surface area (Å²) in [6.07, 6.45) is 1.65. The minimum Gasteiger partial charge on any atom is -0.327 e. The summed E-state index contributed by atoms with van der Waals surface area (Å²) in [5.74, 6) is 1.62. The van der Waals surface area contributed by atoms with E-state index in [1.807, 2.05) is 31.2 Å². The maximum Gasteiger partial charge on any atom is 0.354 e. The van der Waals surface area contributed by atoms with Crippen LogP contribution < -0.4 is 22.1 Å². The molecule has 3 unspecified atom stereocenters. The van der Waals surface area contributed by atoms with Gasteiger partial charge in [-0.05, 0) is 42.5 Å². The van der Waals surface area contributed by atoms with E-state index in [2.05, 4.69) is 20.5 Å². The highest BCUT2D eigenvalue weighted by Gasteiger charge is 2.53. The SMILES string of the molecule is CC1CNCCN1C(=O)Nc1ccn(-c2ccc(CN3CC4C(N)C4C3)cc2)c(=O)n1. The van der Waals surface area contributed by atoms with Gasteiger partial charge in [0, 0.05) is 57.5 Å². The molecule has 1 saturated carbocycles. The Labute approximate surface area is 181 Å². The first-order chi connectivity index (χ1) is 15.0. The van der Waals surface area contributed by atoms with Gasteiger partial charge < -0.3 is 16.0 Å². The van der Waals surface area contributed by atoms with Crippen LogP contribution in [0.2, 0.25) is 0 Å². The lowest BCUT2D eigenvalue weighted by Gasteiger charge is -2.33. The van der Waals surface area contributed by atoms with Gasteiger partial charge in [0.05, 0.1) is 5.69 Å². The Balaban J connectivity index is 1.22. The smallest absolute Gasteiger partial charge is 0.327 e. The van der Waals surface area contributed by atoms with Crippen molar-refractivity contribution in [3.8, 4) is 5.69 Å². The van der Waals surface area contributed by atoms with E-state index < -0.39 is 5.69 Å². The fraction of sp³-hybridized carbons (Fsp3) is 0.500. The number of piperazine rings is 1. The number of nitrogens with zero attached hydrogens (tertiary/aromatic N) is 4. The molecule has 2 saturated heterocycles. The summed E-state index contributed by atoms with van der Waals surface area (Å²) in [6.45, 7) is 7.20. The number of anilines is 1. The van der Waals surface area contributed by atoms with E-state index >= 15 is 0 Å². The Morgan fingerprint density at radius 2 is 1.97 bits per heavy atom. The quantitative estimate of drug-likeness (QED) is 0.659. The minimum atomic E-state index is -0.424. The van der Waals surface area contributed by atoms with Crippen molar-refractivity contribution in [3.63, 3.8) is 0 Å². The molecule has 3 heterocycles. The first-order valence-corrected chi connectivity index (χ1v) is 10.9. The molecule has 164 valence electrons. The zero-order valence-electron chi connectivity index (χ0n) is 17.7. The van der Waals surface area contributed by atoms with Crippen LogP contribution in [0.4, 0.5) is 10.6 Å². The van der Waals surface area contributed by atoms with Gasteiger partial charge in [-0.1, -0.05) is 12.1 Å². The number of rotatable bonds is 4. The Morgan fingerprint density at radius 1 is 1.23 bits per heavy atom. The molecule has 9 heteroatoms. The number of carbonyl (C=O) groups excluding carboxylic acids is 1. The lowest BCUT2D eigenvalue weighted by molar-refractivity contribution is 0.177. The molecule has 1 aromatic heterocycles. The fourth-order valence-corrected chi connectivity index (χ4v) is 4.80. The zero-order valence-corrected chi connectivity index (χ0v) is 17.7. The number of nitrogens with one attached hydrogen (secondary N) is 2. The average Bonchev–Trinajstić information content (AvgIpc) is 3.16. The van der Waals surface area contributed by atoms with Gasteiger partial charge >= 0.3 is 11.7 Å². The fourth-order valence-electron chi connectivity index (χ4n) is 4.80. The van der Waals surface area contributed by atoms with Crippen LogP contribution in [0.5, 0.6) is 0 Å². The average molecular weight is 424 g/mol. The second-order valence-corrected chi connectivity index (χ2v) is 8.91. The van der Waals surface area contributed by atoms with E-state index in [0.717, 1.165) is 38.4 Å². The van der Waals surface area contributed by atoms with E-state index in [-0.39, 0.29) is 17.9 Å². The number of nitrogens with two attached hydrogens (primary N) is 1. The van der Waals surface area contributed by atoms with Crippen molar-refractivity contribution in [1.82, 2.24) is 24.7 Å². The number of urea groups is 1. The number of amides is 2. The monoisotopic (exact) mass is 423 g/mol. The molecule has 3 aliphatic rings. The van der Waals surface area contributed by atoms with E-state index in [1.165, 1.54) is 10.1 Å². The molecule has 2 aliphatic heterocycles. The van der Waals surface area contributed by atoms with Crippen LogP contribution in [-0.4, -0.2) is 70.2 Å². The van der Waals surface area contributed by atoms with Gasteiger partial charge in [-0.2, -0.15) is 4.98 Å². The molecule has 1 aliphatic carbocycles. The van der Waals surface area contributed by atoms with Gasteiger partial charge in [0.15, 0.2) is 0 Å². The second-order valence-electron chi connectivity index (χ2n) is 8.91. The predicted octanol–water partition coefficient (Wildman–Crippen LogP) is 0.447. The molecule has 2 amide bonds. The first-order valence-electron chi connectivity index (χ1n) is 10.9. The van der Waals surface area contributed by atoms with Crippen molar-refractivity contribution in [2.45, 2.75) is 25.6 Å². The predicted molar refractivity (Wildman–Crippen MR) is 118 cm³/mol. The summed E-state index contributed by atoms with van der Waals surface area (Å²) in [7, 11) is 0. The Kier molecular flexibility index (Phi) is 5.25. The molecule has 3 fully saturated rings. The Bertz CT molecular complexity index is 1010.